The summed E-state index contributed by atoms with van der Waals surface area (Å²) in [4.78, 5) is 7.41. The van der Waals surface area contributed by atoms with Gasteiger partial charge in [-0.05, 0) is 126 Å². The van der Waals surface area contributed by atoms with Crippen LogP contribution in [-0.4, -0.2) is 14.1 Å². The van der Waals surface area contributed by atoms with E-state index in [1.807, 2.05) is 6.20 Å². The number of hydrogen-bond donors (Lipinski definition) is 0. The van der Waals surface area contributed by atoms with E-state index < -0.39 is 5.41 Å². The summed E-state index contributed by atoms with van der Waals surface area (Å²) in [6.07, 6.45) is 1.93. The standard InChI is InChI=1S/C77H56N4O/c1-76(2,3)53-43-44-78-73(46-53)81-70-37-17-15-32-64(70)65-42-40-56(48-72(65)81)82-55-26-18-25-54(47-55)79-49-80-74-57(33-19-34-66(74)60-29-12-10-27-58(60)59-28-11-13-30-61(59)67-35-20-38-71(79)75(67)80)50-39-41-63-62-31-14-16-36-68(62)77(69(63)45-50,51-21-6-4-7-22-51)52-23-8-5-9-24-52/h4-48H,49H2,1-3H3. The smallest absolute Gasteiger partial charge is 0.137 e. The van der Waals surface area contributed by atoms with Gasteiger partial charge in [0.1, 0.15) is 24.0 Å². The molecule has 0 bridgehead atoms. The molecule has 0 N–H and O–H groups in total. The first kappa shape index (κ1) is 47.7. The van der Waals surface area contributed by atoms with Gasteiger partial charge in [-0.25, -0.2) is 4.98 Å². The SMILES string of the molecule is CC(C)(C)c1ccnc(-n2c3ccccc3c3ccc(Oc4cccc(N5Cn6c7c(-c8ccc9c(c8)C(c8ccccc8)(c8ccccc8)c8ccccc8-9)cccc7c7ccccc7c7ccccc7c7cccc5c76)c4)cc32)c1. The highest BCUT2D eigenvalue weighted by Crippen LogP contribution is 2.57. The molecule has 3 aromatic heterocycles. The van der Waals surface area contributed by atoms with Crippen LogP contribution in [0.2, 0.25) is 0 Å². The molecule has 0 spiro atoms. The van der Waals surface area contributed by atoms with Crippen molar-refractivity contribution in [1.82, 2.24) is 14.1 Å². The van der Waals surface area contributed by atoms with Gasteiger partial charge in [0.15, 0.2) is 0 Å². The van der Waals surface area contributed by atoms with Crippen molar-refractivity contribution in [2.45, 2.75) is 38.3 Å². The number of nitrogens with zero attached hydrogens (tertiary/aromatic N) is 4. The molecule has 2 aliphatic rings. The molecule has 5 nitrogen and oxygen atoms in total. The van der Waals surface area contributed by atoms with E-state index in [4.69, 9.17) is 9.72 Å². The summed E-state index contributed by atoms with van der Waals surface area (Å²) in [5.74, 6) is 2.40. The molecule has 0 saturated carbocycles. The minimum Gasteiger partial charge on any atom is -0.457 e. The molecule has 11 aromatic carbocycles. The average Bonchev–Trinajstić information content (AvgIpc) is 3.81. The number of fused-ring (bicyclic) bond motifs is 13. The topological polar surface area (TPSA) is 35.2 Å². The second-order valence-corrected chi connectivity index (χ2v) is 23.0. The molecule has 0 fully saturated rings. The molecule has 0 atom stereocenters. The van der Waals surface area contributed by atoms with E-state index in [0.29, 0.717) is 6.67 Å². The quantitative estimate of drug-likeness (QED) is 0.160. The molecule has 82 heavy (non-hydrogen) atoms. The minimum atomic E-state index is -0.546. The largest absolute Gasteiger partial charge is 0.457 e. The fourth-order valence-corrected chi connectivity index (χ4v) is 13.9. The second kappa shape index (κ2) is 18.4. The van der Waals surface area contributed by atoms with Crippen molar-refractivity contribution in [2.75, 3.05) is 4.90 Å². The average molecular weight is 1050 g/mol. The Hall–Kier alpha value is -10.2. The first-order chi connectivity index (χ1) is 40.3. The van der Waals surface area contributed by atoms with E-state index in [1.165, 1.54) is 87.7 Å². The summed E-state index contributed by atoms with van der Waals surface area (Å²) in [6, 6.07) is 98.2. The molecule has 0 radical (unpaired) electrons. The maximum absolute atomic E-state index is 6.97. The van der Waals surface area contributed by atoms with Crippen molar-refractivity contribution >= 4 is 76.5 Å². The van der Waals surface area contributed by atoms with Gasteiger partial charge >= 0.3 is 0 Å². The molecule has 1 aliphatic carbocycles. The van der Waals surface area contributed by atoms with Gasteiger partial charge in [0.2, 0.25) is 0 Å². The highest BCUT2D eigenvalue weighted by molar-refractivity contribution is 6.22. The molecular formula is C77H56N4O. The van der Waals surface area contributed by atoms with Crippen LogP contribution < -0.4 is 9.64 Å². The third kappa shape index (κ3) is 7.22. The predicted octanol–water partition coefficient (Wildman–Crippen LogP) is 19.9. The zero-order chi connectivity index (χ0) is 54.7. The molecule has 390 valence electrons. The Morgan fingerprint density at radius 3 is 1.72 bits per heavy atom. The monoisotopic (exact) mass is 1050 g/mol. The van der Waals surface area contributed by atoms with Gasteiger partial charge in [-0.15, -0.1) is 0 Å². The molecule has 14 aromatic rings. The van der Waals surface area contributed by atoms with Crippen molar-refractivity contribution in [1.29, 1.82) is 0 Å². The zero-order valence-electron chi connectivity index (χ0n) is 45.9. The fourth-order valence-electron chi connectivity index (χ4n) is 13.9. The molecule has 1 aliphatic heterocycles. The molecule has 5 heteroatoms. The van der Waals surface area contributed by atoms with E-state index in [9.17, 15) is 0 Å². The number of rotatable bonds is 7. The Balaban J connectivity index is 0.896. The van der Waals surface area contributed by atoms with Crippen LogP contribution in [0.5, 0.6) is 11.5 Å². The number of aromatic nitrogens is 3. The minimum absolute atomic E-state index is 0.0313. The van der Waals surface area contributed by atoms with Crippen LogP contribution in [-0.2, 0) is 17.5 Å². The van der Waals surface area contributed by atoms with Crippen molar-refractivity contribution in [3.8, 4) is 39.6 Å². The number of pyridine rings is 1. The van der Waals surface area contributed by atoms with Crippen molar-refractivity contribution < 1.29 is 4.74 Å². The third-order valence-corrected chi connectivity index (χ3v) is 17.5. The zero-order valence-corrected chi connectivity index (χ0v) is 45.9. The van der Waals surface area contributed by atoms with Gasteiger partial charge in [0, 0.05) is 51.1 Å². The Kier molecular flexibility index (Phi) is 10.7. The molecule has 0 unspecified atom stereocenters. The first-order valence-electron chi connectivity index (χ1n) is 28.5. The lowest BCUT2D eigenvalue weighted by Crippen LogP contribution is -2.28. The van der Waals surface area contributed by atoms with Gasteiger partial charge in [0.05, 0.1) is 33.2 Å². The highest BCUT2D eigenvalue weighted by atomic mass is 16.5. The van der Waals surface area contributed by atoms with Crippen LogP contribution in [0.3, 0.4) is 0 Å². The summed E-state index contributed by atoms with van der Waals surface area (Å²) >= 11 is 0. The van der Waals surface area contributed by atoms with Gasteiger partial charge in [-0.2, -0.15) is 0 Å². The van der Waals surface area contributed by atoms with Crippen molar-refractivity contribution in [2.24, 2.45) is 0 Å². The highest BCUT2D eigenvalue weighted by Gasteiger charge is 2.46. The molecule has 0 saturated heterocycles. The first-order valence-corrected chi connectivity index (χ1v) is 28.5. The number of anilines is 2. The van der Waals surface area contributed by atoms with Gasteiger partial charge in [0.25, 0.3) is 0 Å². The maximum atomic E-state index is 6.97. The van der Waals surface area contributed by atoms with Crippen LogP contribution >= 0.6 is 0 Å². The lowest BCUT2D eigenvalue weighted by molar-refractivity contribution is 0.483. The lowest BCUT2D eigenvalue weighted by atomic mass is 9.67. The van der Waals surface area contributed by atoms with E-state index in [1.54, 1.807) is 0 Å². The Bertz CT molecular complexity index is 4950. The van der Waals surface area contributed by atoms with Crippen LogP contribution in [0.25, 0.3) is 93.2 Å². The Labute approximate surface area is 476 Å². The van der Waals surface area contributed by atoms with E-state index >= 15 is 0 Å². The van der Waals surface area contributed by atoms with Crippen molar-refractivity contribution in [3.05, 3.63) is 301 Å². The third-order valence-electron chi connectivity index (χ3n) is 17.5. The lowest BCUT2D eigenvalue weighted by Gasteiger charge is -2.34. The Morgan fingerprint density at radius 1 is 0.415 bits per heavy atom. The second-order valence-electron chi connectivity index (χ2n) is 23.0. The van der Waals surface area contributed by atoms with Gasteiger partial charge in [-0.3, -0.25) is 4.57 Å². The molecular weight excluding hydrogens is 997 g/mol. The molecule has 0 amide bonds. The summed E-state index contributed by atoms with van der Waals surface area (Å²) in [6.45, 7) is 7.30. The predicted molar refractivity (Wildman–Crippen MR) is 341 cm³/mol. The van der Waals surface area contributed by atoms with Crippen LogP contribution in [0, 0.1) is 0 Å². The Morgan fingerprint density at radius 2 is 0.988 bits per heavy atom. The summed E-state index contributed by atoms with van der Waals surface area (Å²) in [5.41, 5.74) is 17.2. The maximum Gasteiger partial charge on any atom is 0.137 e. The number of ether oxygens (including phenoxy) is 1. The number of hydrogen-bond acceptors (Lipinski definition) is 3. The van der Waals surface area contributed by atoms with Crippen LogP contribution in [0.1, 0.15) is 48.6 Å². The fraction of sp³-hybridized carbons (Fsp3) is 0.0779. The van der Waals surface area contributed by atoms with Gasteiger partial charge < -0.3 is 14.2 Å². The van der Waals surface area contributed by atoms with E-state index in [2.05, 4.69) is 302 Å². The summed E-state index contributed by atoms with van der Waals surface area (Å²) < 4.78 is 11.8. The van der Waals surface area contributed by atoms with Crippen LogP contribution in [0.4, 0.5) is 11.4 Å². The normalized spacial score (nSPS) is 13.3. The van der Waals surface area contributed by atoms with Crippen LogP contribution in [0.15, 0.2) is 273 Å². The van der Waals surface area contributed by atoms with E-state index in [0.717, 1.165) is 56.2 Å². The molecule has 16 rings (SSSR count). The van der Waals surface area contributed by atoms with Gasteiger partial charge in [-0.1, -0.05) is 221 Å². The van der Waals surface area contributed by atoms with E-state index in [-0.39, 0.29) is 5.41 Å². The number of benzene rings is 11. The number of para-hydroxylation sites is 3. The van der Waals surface area contributed by atoms with Crippen molar-refractivity contribution in [3.63, 3.8) is 0 Å². The summed E-state index contributed by atoms with van der Waals surface area (Å²) in [5, 5.41) is 9.50. The molecule has 4 heterocycles. The summed E-state index contributed by atoms with van der Waals surface area (Å²) in [7, 11) is 0.